The molecule has 0 radical (unpaired) electrons. The highest BCUT2D eigenvalue weighted by atomic mass is 32.2. The Hall–Kier alpha value is -3.11. The second-order valence-corrected chi connectivity index (χ2v) is 9.63. The molecular weight excluding hydrogens is 434 g/mol. The second kappa shape index (κ2) is 8.44. The molecule has 2 aromatic carbocycles. The van der Waals surface area contributed by atoms with Gasteiger partial charge < -0.3 is 19.2 Å². The van der Waals surface area contributed by atoms with Gasteiger partial charge in [0.25, 0.3) is 0 Å². The number of oxazole rings is 1. The lowest BCUT2D eigenvalue weighted by atomic mass is 10.2. The minimum atomic E-state index is -3.79. The predicted octanol–water partition coefficient (Wildman–Crippen LogP) is 3.17. The number of amides is 1. The normalized spacial score (nSPS) is 16.0. The Bertz CT molecular complexity index is 1270. The summed E-state index contributed by atoms with van der Waals surface area (Å²) < 4.78 is 44.4. The lowest BCUT2D eigenvalue weighted by Crippen LogP contribution is -2.27. The Kier molecular flexibility index (Phi) is 5.48. The first-order valence-electron chi connectivity index (χ1n) is 10.6. The number of hydrogen-bond acceptors (Lipinski definition) is 7. The topological polar surface area (TPSA) is 120 Å². The summed E-state index contributed by atoms with van der Waals surface area (Å²) >= 11 is 0. The molecule has 3 aromatic rings. The van der Waals surface area contributed by atoms with Crippen LogP contribution in [-0.2, 0) is 14.8 Å². The van der Waals surface area contributed by atoms with E-state index in [9.17, 15) is 13.2 Å². The molecule has 2 aliphatic rings. The van der Waals surface area contributed by atoms with Crippen LogP contribution in [0.15, 0.2) is 45.7 Å². The molecular formula is C22H23N3O6S. The van der Waals surface area contributed by atoms with Crippen molar-refractivity contribution in [3.8, 4) is 11.5 Å². The van der Waals surface area contributed by atoms with Gasteiger partial charge in [0.2, 0.25) is 15.9 Å². The average Bonchev–Trinajstić information content (AvgIpc) is 3.56. The maximum atomic E-state index is 12.6. The van der Waals surface area contributed by atoms with Crippen LogP contribution in [0.5, 0.6) is 11.5 Å². The Morgan fingerprint density at radius 2 is 1.88 bits per heavy atom. The zero-order valence-corrected chi connectivity index (χ0v) is 18.1. The molecule has 1 amide bonds. The molecule has 0 bridgehead atoms. The van der Waals surface area contributed by atoms with E-state index in [1.54, 1.807) is 24.3 Å². The van der Waals surface area contributed by atoms with Crippen LogP contribution in [0.1, 0.15) is 37.5 Å². The van der Waals surface area contributed by atoms with Crippen molar-refractivity contribution in [2.24, 2.45) is 0 Å². The molecule has 1 fully saturated rings. The molecule has 0 spiro atoms. The van der Waals surface area contributed by atoms with Gasteiger partial charge in [-0.2, -0.15) is 0 Å². The van der Waals surface area contributed by atoms with E-state index in [-0.39, 0.29) is 23.8 Å². The van der Waals surface area contributed by atoms with E-state index in [1.165, 1.54) is 12.1 Å². The molecule has 2 heterocycles. The van der Waals surface area contributed by atoms with E-state index in [0.717, 1.165) is 25.2 Å². The fourth-order valence-electron chi connectivity index (χ4n) is 3.44. The van der Waals surface area contributed by atoms with Crippen molar-refractivity contribution in [3.63, 3.8) is 0 Å². The van der Waals surface area contributed by atoms with Gasteiger partial charge in [0.05, 0.1) is 18.1 Å². The summed E-state index contributed by atoms with van der Waals surface area (Å²) in [6, 6.07) is 9.74. The van der Waals surface area contributed by atoms with Gasteiger partial charge in [0, 0.05) is 37.1 Å². The van der Waals surface area contributed by atoms with Gasteiger partial charge in [0.1, 0.15) is 5.52 Å². The number of carbonyl (C=O) groups excluding carboxylic acids is 1. The number of benzene rings is 2. The first-order valence-corrected chi connectivity index (χ1v) is 12.1. The second-order valence-electron chi connectivity index (χ2n) is 7.86. The molecule has 5 rings (SSSR count). The van der Waals surface area contributed by atoms with Gasteiger partial charge in [-0.05, 0) is 43.2 Å². The molecule has 1 saturated carbocycles. The third kappa shape index (κ3) is 4.56. The first-order chi connectivity index (χ1) is 15.5. The quantitative estimate of drug-likeness (QED) is 0.559. The summed E-state index contributed by atoms with van der Waals surface area (Å²) in [4.78, 5) is 16.8. The number of nitrogens with zero attached hydrogens (tertiary/aromatic N) is 1. The monoisotopic (exact) mass is 457 g/mol. The molecule has 1 aromatic heterocycles. The van der Waals surface area contributed by atoms with Crippen molar-refractivity contribution < 1.29 is 27.1 Å². The van der Waals surface area contributed by atoms with E-state index in [2.05, 4.69) is 15.0 Å². The zero-order chi connectivity index (χ0) is 22.1. The highest BCUT2D eigenvalue weighted by Crippen LogP contribution is 2.40. The first kappa shape index (κ1) is 20.8. The van der Waals surface area contributed by atoms with Crippen LogP contribution < -0.4 is 19.5 Å². The Balaban J connectivity index is 1.17. The van der Waals surface area contributed by atoms with E-state index >= 15 is 0 Å². The SMILES string of the molecule is O=C(CCNS(=O)(=O)c1ccc2c(c1)OCCCO2)Nc1ccc2oc(C3CC3)nc2c1. The highest BCUT2D eigenvalue weighted by Gasteiger charge is 2.29. The molecule has 9 nitrogen and oxygen atoms in total. The lowest BCUT2D eigenvalue weighted by molar-refractivity contribution is -0.116. The molecule has 1 aliphatic heterocycles. The van der Waals surface area contributed by atoms with Crippen LogP contribution in [-0.4, -0.2) is 39.1 Å². The molecule has 2 N–H and O–H groups in total. The molecule has 0 saturated heterocycles. The average molecular weight is 458 g/mol. The van der Waals surface area contributed by atoms with E-state index in [0.29, 0.717) is 47.4 Å². The van der Waals surface area contributed by atoms with E-state index in [1.807, 2.05) is 0 Å². The standard InChI is InChI=1S/C22H23N3O6S/c26-21(24-15-4-6-18-17(12-15)25-22(31-18)14-2-3-14)8-9-23-32(27,28)16-5-7-19-20(13-16)30-11-1-10-29-19/h4-7,12-14,23H,1-3,8-11H2,(H,24,26). The fraction of sp³-hybridized carbons (Fsp3) is 0.364. The predicted molar refractivity (Wildman–Crippen MR) is 116 cm³/mol. The smallest absolute Gasteiger partial charge is 0.240 e. The van der Waals surface area contributed by atoms with Gasteiger partial charge in [-0.3, -0.25) is 4.79 Å². The largest absolute Gasteiger partial charge is 0.490 e. The Morgan fingerprint density at radius 1 is 1.06 bits per heavy atom. The number of hydrogen-bond donors (Lipinski definition) is 2. The van der Waals surface area contributed by atoms with Crippen molar-refractivity contribution in [2.75, 3.05) is 25.1 Å². The van der Waals surface area contributed by atoms with Crippen molar-refractivity contribution in [3.05, 3.63) is 42.3 Å². The maximum Gasteiger partial charge on any atom is 0.240 e. The van der Waals surface area contributed by atoms with Gasteiger partial charge in [-0.25, -0.2) is 18.1 Å². The van der Waals surface area contributed by atoms with Crippen molar-refractivity contribution in [2.45, 2.75) is 36.5 Å². The van der Waals surface area contributed by atoms with Crippen molar-refractivity contribution in [1.29, 1.82) is 0 Å². The third-order valence-electron chi connectivity index (χ3n) is 5.29. The van der Waals surface area contributed by atoms with Crippen LogP contribution in [0.2, 0.25) is 0 Å². The number of rotatable bonds is 7. The molecule has 0 atom stereocenters. The van der Waals surface area contributed by atoms with Crippen LogP contribution in [0.4, 0.5) is 5.69 Å². The zero-order valence-electron chi connectivity index (χ0n) is 17.3. The number of carbonyl (C=O) groups is 1. The van der Waals surface area contributed by atoms with Crippen LogP contribution in [0.25, 0.3) is 11.1 Å². The van der Waals surface area contributed by atoms with Gasteiger partial charge in [-0.15, -0.1) is 0 Å². The van der Waals surface area contributed by atoms with Crippen molar-refractivity contribution >= 4 is 32.7 Å². The van der Waals surface area contributed by atoms with Crippen LogP contribution in [0, 0.1) is 0 Å². The van der Waals surface area contributed by atoms with Crippen LogP contribution in [0.3, 0.4) is 0 Å². The summed E-state index contributed by atoms with van der Waals surface area (Å²) in [5.74, 6) is 1.77. The number of fused-ring (bicyclic) bond motifs is 2. The Morgan fingerprint density at radius 3 is 2.69 bits per heavy atom. The summed E-state index contributed by atoms with van der Waals surface area (Å²) in [6.45, 7) is 0.949. The van der Waals surface area contributed by atoms with Crippen molar-refractivity contribution in [1.82, 2.24) is 9.71 Å². The fourth-order valence-corrected chi connectivity index (χ4v) is 4.49. The van der Waals surface area contributed by atoms with Gasteiger partial charge in [0.15, 0.2) is 23.0 Å². The van der Waals surface area contributed by atoms with Gasteiger partial charge in [-0.1, -0.05) is 0 Å². The molecule has 1 aliphatic carbocycles. The number of aromatic nitrogens is 1. The Labute approximate surface area is 185 Å². The third-order valence-corrected chi connectivity index (χ3v) is 6.75. The molecule has 0 unspecified atom stereocenters. The summed E-state index contributed by atoms with van der Waals surface area (Å²) in [5.41, 5.74) is 1.97. The minimum Gasteiger partial charge on any atom is -0.490 e. The summed E-state index contributed by atoms with van der Waals surface area (Å²) in [6.07, 6.45) is 2.90. The van der Waals surface area contributed by atoms with E-state index in [4.69, 9.17) is 13.9 Å². The number of sulfonamides is 1. The summed E-state index contributed by atoms with van der Waals surface area (Å²) in [5, 5.41) is 2.77. The number of ether oxygens (including phenoxy) is 2. The van der Waals surface area contributed by atoms with Crippen LogP contribution >= 0.6 is 0 Å². The molecule has 10 heteroatoms. The highest BCUT2D eigenvalue weighted by molar-refractivity contribution is 7.89. The lowest BCUT2D eigenvalue weighted by Gasteiger charge is -2.11. The number of nitrogens with one attached hydrogen (secondary N) is 2. The minimum absolute atomic E-state index is 0.0199. The maximum absolute atomic E-state index is 12.6. The molecule has 168 valence electrons. The number of anilines is 1. The van der Waals surface area contributed by atoms with E-state index < -0.39 is 10.0 Å². The summed E-state index contributed by atoms with van der Waals surface area (Å²) in [7, 11) is -3.79. The molecule has 32 heavy (non-hydrogen) atoms. The van der Waals surface area contributed by atoms with Gasteiger partial charge >= 0.3 is 0 Å².